The molecule has 7 rings (SSSR count). The van der Waals surface area contributed by atoms with Gasteiger partial charge in [-0.15, -0.1) is 0 Å². The topological polar surface area (TPSA) is 120 Å². The predicted octanol–water partition coefficient (Wildman–Crippen LogP) is 6.82. The van der Waals surface area contributed by atoms with E-state index in [4.69, 9.17) is 0 Å². The van der Waals surface area contributed by atoms with Crippen molar-refractivity contribution in [2.75, 3.05) is 23.9 Å². The lowest BCUT2D eigenvalue weighted by Crippen LogP contribution is -2.39. The number of carbonyl (C=O) groups is 4. The van der Waals surface area contributed by atoms with E-state index in [0.29, 0.717) is 51.3 Å². The minimum atomic E-state index is -0.703. The van der Waals surface area contributed by atoms with Crippen LogP contribution < -0.4 is 9.80 Å². The maximum Gasteiger partial charge on any atom is 0.238 e. The molecule has 3 aromatic rings. The van der Waals surface area contributed by atoms with Gasteiger partial charge in [-0.3, -0.25) is 24.1 Å². The number of hydrogen-bond acceptors (Lipinski definition) is 8. The number of aryl methyl sites for hydroxylation is 1. The van der Waals surface area contributed by atoms with Crippen LogP contribution in [0.5, 0.6) is 5.75 Å². The van der Waals surface area contributed by atoms with Gasteiger partial charge in [0.05, 0.1) is 28.9 Å². The number of phenols is 1. The van der Waals surface area contributed by atoms with E-state index < -0.39 is 23.7 Å². The van der Waals surface area contributed by atoms with Gasteiger partial charge < -0.3 is 10.0 Å². The Morgan fingerprint density at radius 1 is 0.830 bits per heavy atom. The average Bonchev–Trinajstić information content (AvgIpc) is 3.32. The molecular formula is C38H34N4O5. The molecule has 1 fully saturated rings. The maximum atomic E-state index is 14.2. The number of amides is 2. The summed E-state index contributed by atoms with van der Waals surface area (Å²) in [6.45, 7) is 3.41. The summed E-state index contributed by atoms with van der Waals surface area (Å²) in [5.74, 6) is -3.52. The number of aromatic hydroxyl groups is 1. The average molecular weight is 627 g/mol. The van der Waals surface area contributed by atoms with Gasteiger partial charge >= 0.3 is 0 Å². The lowest BCUT2D eigenvalue weighted by atomic mass is 9.59. The third-order valence-corrected chi connectivity index (χ3v) is 9.90. The van der Waals surface area contributed by atoms with Crippen LogP contribution in [-0.4, -0.2) is 42.6 Å². The number of fused-ring (bicyclic) bond motifs is 3. The van der Waals surface area contributed by atoms with Crippen LogP contribution in [0.2, 0.25) is 0 Å². The zero-order chi connectivity index (χ0) is 33.1. The van der Waals surface area contributed by atoms with E-state index in [1.54, 1.807) is 50.2 Å². The van der Waals surface area contributed by atoms with Crippen molar-refractivity contribution in [3.63, 3.8) is 0 Å². The van der Waals surface area contributed by atoms with Crippen molar-refractivity contribution in [1.29, 1.82) is 0 Å². The minimum Gasteiger partial charge on any atom is -0.507 e. The number of phenolic OH excluding ortho intramolecular Hbond substituents is 1. The first-order valence-corrected chi connectivity index (χ1v) is 15.7. The summed E-state index contributed by atoms with van der Waals surface area (Å²) >= 11 is 0. The predicted molar refractivity (Wildman–Crippen MR) is 178 cm³/mol. The number of imide groups is 1. The molecule has 47 heavy (non-hydrogen) atoms. The Kier molecular flexibility index (Phi) is 7.34. The first-order valence-electron chi connectivity index (χ1n) is 15.7. The van der Waals surface area contributed by atoms with E-state index in [9.17, 15) is 24.3 Å². The largest absolute Gasteiger partial charge is 0.507 e. The van der Waals surface area contributed by atoms with Gasteiger partial charge in [-0.2, -0.15) is 10.2 Å². The highest BCUT2D eigenvalue weighted by atomic mass is 16.3. The van der Waals surface area contributed by atoms with Gasteiger partial charge in [-0.05, 0) is 92.8 Å². The number of Topliss-reactive ketones (excluding diaryl/α,β-unsaturated/α-hetero) is 1. The third-order valence-electron chi connectivity index (χ3n) is 9.90. The molecule has 1 N–H and O–H groups in total. The molecule has 0 bridgehead atoms. The molecule has 4 atom stereocenters. The van der Waals surface area contributed by atoms with Crippen LogP contribution in [0.3, 0.4) is 0 Å². The fourth-order valence-electron chi connectivity index (χ4n) is 7.49. The van der Waals surface area contributed by atoms with Crippen molar-refractivity contribution in [2.45, 2.75) is 32.6 Å². The second-order valence-corrected chi connectivity index (χ2v) is 12.9. The third kappa shape index (κ3) is 4.93. The summed E-state index contributed by atoms with van der Waals surface area (Å²) in [5.41, 5.74) is 5.81. The van der Waals surface area contributed by atoms with E-state index >= 15 is 0 Å². The second-order valence-electron chi connectivity index (χ2n) is 12.9. The molecule has 3 aromatic carbocycles. The molecular weight excluding hydrogens is 592 g/mol. The van der Waals surface area contributed by atoms with Crippen molar-refractivity contribution in [3.8, 4) is 5.75 Å². The highest BCUT2D eigenvalue weighted by Gasteiger charge is 2.56. The van der Waals surface area contributed by atoms with Gasteiger partial charge in [0.15, 0.2) is 11.6 Å². The Balaban J connectivity index is 1.20. The molecule has 9 nitrogen and oxygen atoms in total. The molecule has 1 aliphatic heterocycles. The number of hydrogen-bond donors (Lipinski definition) is 1. The highest BCUT2D eigenvalue weighted by Crippen LogP contribution is 2.56. The van der Waals surface area contributed by atoms with E-state index in [-0.39, 0.29) is 35.6 Å². The summed E-state index contributed by atoms with van der Waals surface area (Å²) in [6.07, 6.45) is 3.81. The Morgan fingerprint density at radius 2 is 1.49 bits per heavy atom. The number of allylic oxidation sites excluding steroid dienone is 6. The molecule has 0 spiro atoms. The van der Waals surface area contributed by atoms with E-state index in [1.165, 1.54) is 11.0 Å². The fraction of sp³-hybridized carbons (Fsp3) is 0.263. The van der Waals surface area contributed by atoms with Crippen molar-refractivity contribution >= 4 is 46.1 Å². The molecule has 0 saturated carbocycles. The van der Waals surface area contributed by atoms with Gasteiger partial charge in [0.25, 0.3) is 0 Å². The number of benzene rings is 3. The SMILES string of the molecule is CC1=CC(=O)C2=C(C1=O)[C@@H](c1cccc(C)c1O)C1=CC[C@@H]3C(=O)N(c4ccc(N=Nc5ccc(N(C)C)cc5)cc4)C(=O)[C@@H]3[C@@H]1C2. The molecule has 1 heterocycles. The lowest BCUT2D eigenvalue weighted by molar-refractivity contribution is -0.123. The monoisotopic (exact) mass is 626 g/mol. The fourth-order valence-corrected chi connectivity index (χ4v) is 7.49. The van der Waals surface area contributed by atoms with Crippen molar-refractivity contribution < 1.29 is 24.3 Å². The Morgan fingerprint density at radius 3 is 2.15 bits per heavy atom. The Labute approximate surface area is 272 Å². The van der Waals surface area contributed by atoms with Crippen LogP contribution in [0, 0.1) is 24.7 Å². The van der Waals surface area contributed by atoms with Gasteiger partial charge in [-0.25, -0.2) is 0 Å². The van der Waals surface area contributed by atoms with Crippen LogP contribution in [0.15, 0.2) is 111 Å². The molecule has 1 saturated heterocycles. The first-order chi connectivity index (χ1) is 22.5. The standard InChI is InChI=1S/C38H34N4O5/c1-20-6-5-7-27(35(20)44)32-26-16-17-28-33(29(26)19-30-31(43)18-21(2)36(45)34(30)32)38(47)42(37(28)46)25-14-10-23(11-15-25)40-39-22-8-12-24(13-9-22)41(3)4/h5-16,18,28-29,32-33,44H,17,19H2,1-4H3/t28-,29+,32+,33-/m0/s1. The molecule has 0 unspecified atom stereocenters. The number of rotatable bonds is 5. The number of azo groups is 1. The van der Waals surface area contributed by atoms with Gasteiger partial charge in [0.2, 0.25) is 11.8 Å². The Hall–Kier alpha value is -5.44. The smallest absolute Gasteiger partial charge is 0.238 e. The van der Waals surface area contributed by atoms with Gasteiger partial charge in [0.1, 0.15) is 5.75 Å². The number of anilines is 2. The normalized spacial score (nSPS) is 23.9. The van der Waals surface area contributed by atoms with Gasteiger partial charge in [-0.1, -0.05) is 29.8 Å². The summed E-state index contributed by atoms with van der Waals surface area (Å²) in [5, 5.41) is 19.8. The molecule has 9 heteroatoms. The van der Waals surface area contributed by atoms with Crippen LogP contribution in [0.1, 0.15) is 36.8 Å². The highest BCUT2D eigenvalue weighted by molar-refractivity contribution is 6.25. The molecule has 2 amide bonds. The molecule has 236 valence electrons. The van der Waals surface area contributed by atoms with Crippen LogP contribution >= 0.6 is 0 Å². The van der Waals surface area contributed by atoms with Crippen LogP contribution in [0.25, 0.3) is 0 Å². The quantitative estimate of drug-likeness (QED) is 0.144. The van der Waals surface area contributed by atoms with Gasteiger partial charge in [0, 0.05) is 48.0 Å². The van der Waals surface area contributed by atoms with E-state index in [0.717, 1.165) is 11.3 Å². The van der Waals surface area contributed by atoms with Crippen molar-refractivity contribution in [1.82, 2.24) is 0 Å². The first kappa shape index (κ1) is 30.2. The number of nitrogens with zero attached hydrogens (tertiary/aromatic N) is 4. The van der Waals surface area contributed by atoms with Crippen molar-refractivity contribution in [2.24, 2.45) is 28.0 Å². The molecule has 3 aliphatic carbocycles. The molecule has 0 aromatic heterocycles. The summed E-state index contributed by atoms with van der Waals surface area (Å²) in [4.78, 5) is 58.3. The zero-order valence-corrected chi connectivity index (χ0v) is 26.6. The molecule has 4 aliphatic rings. The minimum absolute atomic E-state index is 0.0544. The number of carbonyl (C=O) groups excluding carboxylic acids is 4. The van der Waals surface area contributed by atoms with E-state index in [2.05, 4.69) is 10.2 Å². The Bertz CT molecular complexity index is 1980. The molecule has 0 radical (unpaired) electrons. The zero-order valence-electron chi connectivity index (χ0n) is 26.6. The van der Waals surface area contributed by atoms with Crippen LogP contribution in [-0.2, 0) is 19.2 Å². The van der Waals surface area contributed by atoms with Crippen LogP contribution in [0.4, 0.5) is 22.7 Å². The summed E-state index contributed by atoms with van der Waals surface area (Å²) in [6, 6.07) is 19.8. The number of ketones is 2. The second kappa shape index (κ2) is 11.4. The summed E-state index contributed by atoms with van der Waals surface area (Å²) < 4.78 is 0. The lowest BCUT2D eigenvalue weighted by Gasteiger charge is -2.42. The van der Waals surface area contributed by atoms with Crippen molar-refractivity contribution in [3.05, 3.63) is 112 Å². The maximum absolute atomic E-state index is 14.2. The summed E-state index contributed by atoms with van der Waals surface area (Å²) in [7, 11) is 3.93. The van der Waals surface area contributed by atoms with E-state index in [1.807, 2.05) is 55.4 Å². The number of para-hydroxylation sites is 1.